The molecule has 3 fully saturated rings. The number of nitrogens with one attached hydrogen (secondary N) is 2. The highest BCUT2D eigenvalue weighted by atomic mass is 16.5. The first-order chi connectivity index (χ1) is 9.43. The maximum atomic E-state index is 12.5. The average Bonchev–Trinajstić information content (AvgIpc) is 2.94. The molecule has 3 aliphatic rings. The summed E-state index contributed by atoms with van der Waals surface area (Å²) in [5, 5.41) is 3.42. The Morgan fingerprint density at radius 2 is 1.85 bits per heavy atom. The summed E-state index contributed by atoms with van der Waals surface area (Å²) in [6, 6.07) is 0. The van der Waals surface area contributed by atoms with Gasteiger partial charge in [0.25, 0.3) is 5.91 Å². The van der Waals surface area contributed by atoms with Gasteiger partial charge >= 0.3 is 0 Å². The van der Waals surface area contributed by atoms with Crippen LogP contribution in [0.4, 0.5) is 0 Å². The first-order valence-electron chi connectivity index (χ1n) is 8.16. The first kappa shape index (κ1) is 14.3. The number of carbonyl (C=O) groups excluding carboxylic acids is 1. The lowest BCUT2D eigenvalue weighted by Crippen LogP contribution is -3.15. The van der Waals surface area contributed by atoms with Gasteiger partial charge in [0, 0.05) is 5.54 Å². The van der Waals surface area contributed by atoms with E-state index in [-0.39, 0.29) is 16.9 Å². The van der Waals surface area contributed by atoms with Gasteiger partial charge in [0.1, 0.15) is 13.1 Å². The van der Waals surface area contributed by atoms with Crippen LogP contribution in [0.15, 0.2) is 0 Å². The quantitative estimate of drug-likeness (QED) is 0.778. The zero-order valence-electron chi connectivity index (χ0n) is 13.1. The van der Waals surface area contributed by atoms with E-state index in [0.29, 0.717) is 12.5 Å². The molecule has 2 saturated carbocycles. The third-order valence-electron chi connectivity index (χ3n) is 6.62. The van der Waals surface area contributed by atoms with Crippen molar-refractivity contribution in [3.8, 4) is 0 Å². The largest absolute Gasteiger partial charge is 0.370 e. The standard InChI is InChI=1S/C16H28N2O2/c1-15(2)12-4-5-13(10-12)16(15,3)17-14(19)11-18-6-8-20-9-7-18/h12-13H,4-11H2,1-3H3,(H,17,19)/p+1/t12-,13-,16+/m0/s1. The molecule has 0 unspecified atom stereocenters. The second-order valence-corrected chi connectivity index (χ2v) is 7.72. The Labute approximate surface area is 122 Å². The summed E-state index contributed by atoms with van der Waals surface area (Å²) in [5.74, 6) is 1.68. The number of ether oxygens (including phenoxy) is 1. The van der Waals surface area contributed by atoms with Crippen molar-refractivity contribution in [3.05, 3.63) is 0 Å². The van der Waals surface area contributed by atoms with Crippen LogP contribution in [-0.2, 0) is 9.53 Å². The number of hydrogen-bond donors (Lipinski definition) is 2. The maximum Gasteiger partial charge on any atom is 0.275 e. The smallest absolute Gasteiger partial charge is 0.275 e. The summed E-state index contributed by atoms with van der Waals surface area (Å²) in [5.41, 5.74) is 0.213. The van der Waals surface area contributed by atoms with Crippen LogP contribution >= 0.6 is 0 Å². The third-order valence-corrected chi connectivity index (χ3v) is 6.62. The molecule has 0 aromatic heterocycles. The second-order valence-electron chi connectivity index (χ2n) is 7.72. The van der Waals surface area contributed by atoms with Crippen LogP contribution in [0, 0.1) is 17.3 Å². The van der Waals surface area contributed by atoms with Crippen molar-refractivity contribution in [1.82, 2.24) is 5.32 Å². The van der Waals surface area contributed by atoms with Crippen LogP contribution in [0.1, 0.15) is 40.0 Å². The van der Waals surface area contributed by atoms with Gasteiger partial charge in [-0.15, -0.1) is 0 Å². The van der Waals surface area contributed by atoms with Gasteiger partial charge in [-0.3, -0.25) is 4.79 Å². The molecule has 114 valence electrons. The minimum Gasteiger partial charge on any atom is -0.370 e. The summed E-state index contributed by atoms with van der Waals surface area (Å²) >= 11 is 0. The number of carbonyl (C=O) groups is 1. The molecule has 0 aromatic rings. The minimum absolute atomic E-state index is 0.0152. The number of rotatable bonds is 3. The van der Waals surface area contributed by atoms with Gasteiger partial charge in [-0.1, -0.05) is 13.8 Å². The SMILES string of the molecule is CC1(C)[C@H]2CC[C@@H](C2)[C@@]1(C)NC(=O)C[NH+]1CCOCC1. The Kier molecular flexibility index (Phi) is 3.57. The predicted octanol–water partition coefficient (Wildman–Crippen LogP) is 0.233. The fraction of sp³-hybridized carbons (Fsp3) is 0.938. The van der Waals surface area contributed by atoms with Crippen molar-refractivity contribution in [2.75, 3.05) is 32.8 Å². The summed E-state index contributed by atoms with van der Waals surface area (Å²) in [4.78, 5) is 13.8. The molecular formula is C16H29N2O2+. The summed E-state index contributed by atoms with van der Waals surface area (Å²) in [6.07, 6.45) is 3.93. The lowest BCUT2D eigenvalue weighted by molar-refractivity contribution is -0.900. The zero-order chi connectivity index (χ0) is 14.4. The molecule has 1 heterocycles. The molecule has 0 spiro atoms. The van der Waals surface area contributed by atoms with Crippen molar-refractivity contribution in [2.24, 2.45) is 17.3 Å². The summed E-state index contributed by atoms with van der Waals surface area (Å²) in [6.45, 7) is 11.1. The van der Waals surface area contributed by atoms with E-state index in [1.54, 1.807) is 0 Å². The van der Waals surface area contributed by atoms with Crippen molar-refractivity contribution >= 4 is 5.91 Å². The van der Waals surface area contributed by atoms with E-state index in [1.165, 1.54) is 24.2 Å². The highest BCUT2D eigenvalue weighted by molar-refractivity contribution is 5.78. The van der Waals surface area contributed by atoms with Crippen molar-refractivity contribution in [2.45, 2.75) is 45.6 Å². The van der Waals surface area contributed by atoms with Crippen LogP contribution < -0.4 is 10.2 Å². The zero-order valence-corrected chi connectivity index (χ0v) is 13.1. The van der Waals surface area contributed by atoms with E-state index in [1.807, 2.05) is 0 Å². The van der Waals surface area contributed by atoms with Crippen LogP contribution in [0.2, 0.25) is 0 Å². The van der Waals surface area contributed by atoms with Gasteiger partial charge in [0.15, 0.2) is 6.54 Å². The van der Waals surface area contributed by atoms with Gasteiger partial charge < -0.3 is 15.0 Å². The van der Waals surface area contributed by atoms with E-state index in [0.717, 1.165) is 32.2 Å². The Bertz CT molecular complexity index is 390. The molecule has 1 aliphatic heterocycles. The van der Waals surface area contributed by atoms with Crippen LogP contribution in [0.25, 0.3) is 0 Å². The number of quaternary nitrogens is 1. The van der Waals surface area contributed by atoms with E-state index in [2.05, 4.69) is 26.1 Å². The molecule has 3 atom stereocenters. The van der Waals surface area contributed by atoms with E-state index < -0.39 is 0 Å². The molecule has 4 heteroatoms. The molecule has 2 bridgehead atoms. The number of fused-ring (bicyclic) bond motifs is 2. The molecule has 2 N–H and O–H groups in total. The van der Waals surface area contributed by atoms with Gasteiger partial charge in [-0.25, -0.2) is 0 Å². The number of amides is 1. The Morgan fingerprint density at radius 3 is 2.45 bits per heavy atom. The second kappa shape index (κ2) is 4.99. The van der Waals surface area contributed by atoms with Crippen LogP contribution in [0.3, 0.4) is 0 Å². The molecule has 0 radical (unpaired) electrons. The predicted molar refractivity (Wildman–Crippen MR) is 77.5 cm³/mol. The van der Waals surface area contributed by atoms with Crippen LogP contribution in [0.5, 0.6) is 0 Å². The van der Waals surface area contributed by atoms with Gasteiger partial charge in [-0.2, -0.15) is 0 Å². The third kappa shape index (κ3) is 2.17. The lowest BCUT2D eigenvalue weighted by Gasteiger charge is -2.48. The highest BCUT2D eigenvalue weighted by Gasteiger charge is 2.60. The number of hydrogen-bond acceptors (Lipinski definition) is 2. The summed E-state index contributed by atoms with van der Waals surface area (Å²) in [7, 11) is 0. The molecule has 1 saturated heterocycles. The monoisotopic (exact) mass is 281 g/mol. The minimum atomic E-state index is -0.0152. The maximum absolute atomic E-state index is 12.5. The Hall–Kier alpha value is -0.610. The Morgan fingerprint density at radius 1 is 1.20 bits per heavy atom. The van der Waals surface area contributed by atoms with E-state index >= 15 is 0 Å². The van der Waals surface area contributed by atoms with Crippen molar-refractivity contribution in [1.29, 1.82) is 0 Å². The van der Waals surface area contributed by atoms with Gasteiger partial charge in [-0.05, 0) is 43.4 Å². The first-order valence-corrected chi connectivity index (χ1v) is 8.16. The van der Waals surface area contributed by atoms with Crippen LogP contribution in [-0.4, -0.2) is 44.3 Å². The lowest BCUT2D eigenvalue weighted by atomic mass is 9.64. The molecule has 2 aliphatic carbocycles. The van der Waals surface area contributed by atoms with Crippen molar-refractivity contribution < 1.29 is 14.4 Å². The van der Waals surface area contributed by atoms with E-state index in [9.17, 15) is 4.79 Å². The van der Waals surface area contributed by atoms with Gasteiger partial charge in [0.05, 0.1) is 13.2 Å². The average molecular weight is 281 g/mol. The fourth-order valence-corrected chi connectivity index (χ4v) is 4.77. The number of morpholine rings is 1. The molecule has 4 nitrogen and oxygen atoms in total. The molecule has 1 amide bonds. The van der Waals surface area contributed by atoms with Gasteiger partial charge in [0.2, 0.25) is 0 Å². The summed E-state index contributed by atoms with van der Waals surface area (Å²) < 4.78 is 5.36. The molecule has 20 heavy (non-hydrogen) atoms. The highest BCUT2D eigenvalue weighted by Crippen LogP contribution is 2.61. The van der Waals surface area contributed by atoms with Crippen molar-refractivity contribution in [3.63, 3.8) is 0 Å². The normalized spacial score (nSPS) is 40.0. The molecular weight excluding hydrogens is 252 g/mol. The fourth-order valence-electron chi connectivity index (χ4n) is 4.77. The molecule has 0 aromatic carbocycles. The van der Waals surface area contributed by atoms with E-state index in [4.69, 9.17) is 4.74 Å². The topological polar surface area (TPSA) is 42.8 Å². The molecule has 3 rings (SSSR count). The Balaban J connectivity index is 1.63.